The highest BCUT2D eigenvalue weighted by Crippen LogP contribution is 2.16. The summed E-state index contributed by atoms with van der Waals surface area (Å²) in [4.78, 5) is 12.8. The number of aliphatic hydroxyl groups is 1. The highest BCUT2D eigenvalue weighted by atomic mass is 32.1. The lowest BCUT2D eigenvalue weighted by molar-refractivity contribution is -0.139. The Labute approximate surface area is 104 Å². The first-order valence-electron chi connectivity index (χ1n) is 4.90. The number of aromatic nitrogens is 1. The molecule has 0 unspecified atom stereocenters. The average Bonchev–Trinajstić information content (AvgIpc) is 2.68. The minimum atomic E-state index is -1.18. The zero-order chi connectivity index (χ0) is 12.8. The van der Waals surface area contributed by atoms with Crippen molar-refractivity contribution in [1.29, 1.82) is 0 Å². The molecule has 0 saturated carbocycles. The normalized spacial score (nSPS) is 11.7. The number of rotatable bonds is 2. The predicted molar refractivity (Wildman–Crippen MR) is 68.2 cm³/mol. The molecule has 92 valence electrons. The van der Waals surface area contributed by atoms with Gasteiger partial charge in [0.15, 0.2) is 0 Å². The SMILES string of the molecule is N[C@@H](CO)C(=O)O.Sc1cc2ccccc2[nH]1. The van der Waals surface area contributed by atoms with Gasteiger partial charge in [-0.2, -0.15) is 0 Å². The summed E-state index contributed by atoms with van der Waals surface area (Å²) >= 11 is 4.19. The average molecular weight is 254 g/mol. The number of nitrogens with two attached hydrogens (primary N) is 1. The summed E-state index contributed by atoms with van der Waals surface area (Å²) in [6, 6.07) is 9.01. The molecule has 0 aliphatic heterocycles. The summed E-state index contributed by atoms with van der Waals surface area (Å²) in [5, 5.41) is 18.0. The second-order valence-electron chi connectivity index (χ2n) is 3.37. The van der Waals surface area contributed by atoms with Crippen LogP contribution in [-0.4, -0.2) is 33.8 Å². The quantitative estimate of drug-likeness (QED) is 0.513. The van der Waals surface area contributed by atoms with Crippen LogP contribution >= 0.6 is 12.6 Å². The molecule has 1 heterocycles. The number of aliphatic carboxylic acids is 1. The Bertz CT molecular complexity index is 465. The Morgan fingerprint density at radius 1 is 1.47 bits per heavy atom. The molecule has 0 fully saturated rings. The molecule has 2 rings (SSSR count). The Balaban J connectivity index is 0.000000185. The molecule has 0 saturated heterocycles. The summed E-state index contributed by atoms with van der Waals surface area (Å²) in [6.07, 6.45) is 0. The Kier molecular flexibility index (Phi) is 5.02. The number of nitrogens with one attached hydrogen (secondary N) is 1. The lowest BCUT2D eigenvalue weighted by Crippen LogP contribution is -2.33. The van der Waals surface area contributed by atoms with E-state index >= 15 is 0 Å². The van der Waals surface area contributed by atoms with Gasteiger partial charge in [0.05, 0.1) is 11.6 Å². The number of aliphatic hydroxyl groups excluding tert-OH is 1. The summed E-state index contributed by atoms with van der Waals surface area (Å²) in [7, 11) is 0. The Morgan fingerprint density at radius 3 is 2.59 bits per heavy atom. The smallest absolute Gasteiger partial charge is 0.322 e. The number of aromatic amines is 1. The van der Waals surface area contributed by atoms with Gasteiger partial charge in [-0.25, -0.2) is 0 Å². The molecule has 17 heavy (non-hydrogen) atoms. The van der Waals surface area contributed by atoms with Gasteiger partial charge >= 0.3 is 5.97 Å². The third-order valence-electron chi connectivity index (χ3n) is 2.03. The topological polar surface area (TPSA) is 99.3 Å². The maximum absolute atomic E-state index is 9.65. The van der Waals surface area contributed by atoms with Crippen molar-refractivity contribution >= 4 is 29.5 Å². The van der Waals surface area contributed by atoms with E-state index in [1.165, 1.54) is 5.39 Å². The van der Waals surface area contributed by atoms with Crippen LogP contribution in [0.1, 0.15) is 0 Å². The maximum Gasteiger partial charge on any atom is 0.322 e. The standard InChI is InChI=1S/C8H7NS.C3H7NO3/c10-8-5-6-3-1-2-4-7(6)9-8;4-2(1-5)3(6)7/h1-5,9-10H;2,5H,1,4H2,(H,6,7)/t;2-/m.0/s1. The number of para-hydroxylation sites is 1. The fourth-order valence-corrected chi connectivity index (χ4v) is 1.40. The van der Waals surface area contributed by atoms with E-state index in [-0.39, 0.29) is 0 Å². The highest BCUT2D eigenvalue weighted by Gasteiger charge is 2.07. The lowest BCUT2D eigenvalue weighted by atomic mass is 10.3. The zero-order valence-corrected chi connectivity index (χ0v) is 9.89. The van der Waals surface area contributed by atoms with Crippen LogP contribution in [-0.2, 0) is 4.79 Å². The highest BCUT2D eigenvalue weighted by molar-refractivity contribution is 7.80. The summed E-state index contributed by atoms with van der Waals surface area (Å²) in [6.45, 7) is -0.505. The number of carboxylic acids is 1. The summed E-state index contributed by atoms with van der Waals surface area (Å²) in [5.74, 6) is -1.18. The molecule has 1 aromatic carbocycles. The predicted octanol–water partition coefficient (Wildman–Crippen LogP) is 0.847. The van der Waals surface area contributed by atoms with Crippen molar-refractivity contribution in [3.05, 3.63) is 30.3 Å². The second-order valence-corrected chi connectivity index (χ2v) is 3.85. The van der Waals surface area contributed by atoms with Crippen molar-refractivity contribution in [2.24, 2.45) is 5.73 Å². The molecule has 5 nitrogen and oxygen atoms in total. The van der Waals surface area contributed by atoms with E-state index in [0.717, 1.165) is 10.5 Å². The van der Waals surface area contributed by atoms with Gasteiger partial charge in [0.2, 0.25) is 0 Å². The second kappa shape index (κ2) is 6.29. The molecular formula is C11H14N2O3S. The van der Waals surface area contributed by atoms with Gasteiger partial charge in [0.1, 0.15) is 6.04 Å². The molecule has 0 spiro atoms. The van der Waals surface area contributed by atoms with E-state index < -0.39 is 18.6 Å². The molecule has 0 radical (unpaired) electrons. The molecular weight excluding hydrogens is 240 g/mol. The van der Waals surface area contributed by atoms with Gasteiger partial charge in [-0.15, -0.1) is 12.6 Å². The van der Waals surface area contributed by atoms with Crippen molar-refractivity contribution in [2.75, 3.05) is 6.61 Å². The van der Waals surface area contributed by atoms with Crippen LogP contribution in [0.4, 0.5) is 0 Å². The van der Waals surface area contributed by atoms with E-state index in [0.29, 0.717) is 0 Å². The van der Waals surface area contributed by atoms with Crippen LogP contribution in [0.2, 0.25) is 0 Å². The summed E-state index contributed by atoms with van der Waals surface area (Å²) < 4.78 is 0. The first-order chi connectivity index (χ1) is 8.04. The largest absolute Gasteiger partial charge is 0.480 e. The molecule has 6 heteroatoms. The van der Waals surface area contributed by atoms with Crippen LogP contribution in [0.5, 0.6) is 0 Å². The van der Waals surface area contributed by atoms with Gasteiger partial charge in [0, 0.05) is 10.9 Å². The van der Waals surface area contributed by atoms with Crippen molar-refractivity contribution in [2.45, 2.75) is 11.1 Å². The molecule has 0 amide bonds. The maximum atomic E-state index is 9.65. The minimum absolute atomic E-state index is 0.505. The van der Waals surface area contributed by atoms with Gasteiger partial charge < -0.3 is 20.9 Å². The first kappa shape index (κ1) is 13.6. The number of hydrogen-bond donors (Lipinski definition) is 5. The molecule has 0 aliphatic rings. The number of carboxylic acid groups (broad SMARTS) is 1. The van der Waals surface area contributed by atoms with E-state index in [1.807, 2.05) is 24.3 Å². The summed E-state index contributed by atoms with van der Waals surface area (Å²) in [5.41, 5.74) is 5.91. The number of fused-ring (bicyclic) bond motifs is 1. The fourth-order valence-electron chi connectivity index (χ4n) is 1.14. The first-order valence-corrected chi connectivity index (χ1v) is 5.35. The van der Waals surface area contributed by atoms with Crippen LogP contribution in [0, 0.1) is 0 Å². The van der Waals surface area contributed by atoms with E-state index in [2.05, 4.69) is 23.7 Å². The van der Waals surface area contributed by atoms with Crippen molar-refractivity contribution < 1.29 is 15.0 Å². The number of thiol groups is 1. The van der Waals surface area contributed by atoms with Crippen LogP contribution in [0.15, 0.2) is 35.4 Å². The third-order valence-corrected chi connectivity index (χ3v) is 2.27. The van der Waals surface area contributed by atoms with Gasteiger partial charge in [0.25, 0.3) is 0 Å². The monoisotopic (exact) mass is 254 g/mol. The van der Waals surface area contributed by atoms with Gasteiger partial charge in [-0.05, 0) is 12.1 Å². The van der Waals surface area contributed by atoms with E-state index in [1.54, 1.807) is 0 Å². The van der Waals surface area contributed by atoms with Crippen molar-refractivity contribution in [1.82, 2.24) is 4.98 Å². The van der Waals surface area contributed by atoms with Crippen LogP contribution < -0.4 is 5.73 Å². The third kappa shape index (κ3) is 4.10. The molecule has 5 N–H and O–H groups in total. The molecule has 0 aliphatic carbocycles. The number of benzene rings is 1. The van der Waals surface area contributed by atoms with E-state index in [4.69, 9.17) is 15.9 Å². The van der Waals surface area contributed by atoms with Crippen LogP contribution in [0.3, 0.4) is 0 Å². The number of H-pyrrole nitrogens is 1. The van der Waals surface area contributed by atoms with Crippen LogP contribution in [0.25, 0.3) is 10.9 Å². The van der Waals surface area contributed by atoms with Crippen molar-refractivity contribution in [3.8, 4) is 0 Å². The van der Waals surface area contributed by atoms with Gasteiger partial charge in [-0.1, -0.05) is 18.2 Å². The lowest BCUT2D eigenvalue weighted by Gasteiger charge is -1.96. The Morgan fingerprint density at radius 2 is 2.12 bits per heavy atom. The minimum Gasteiger partial charge on any atom is -0.480 e. The van der Waals surface area contributed by atoms with Crippen molar-refractivity contribution in [3.63, 3.8) is 0 Å². The number of hydrogen-bond acceptors (Lipinski definition) is 4. The van der Waals surface area contributed by atoms with E-state index in [9.17, 15) is 4.79 Å². The molecule has 1 atom stereocenters. The molecule has 2 aromatic rings. The molecule has 0 bridgehead atoms. The Hall–Kier alpha value is -1.50. The van der Waals surface area contributed by atoms with Gasteiger partial charge in [-0.3, -0.25) is 4.79 Å². The number of carbonyl (C=O) groups is 1. The fraction of sp³-hybridized carbons (Fsp3) is 0.182. The molecule has 1 aromatic heterocycles. The zero-order valence-electron chi connectivity index (χ0n) is 9.00.